The van der Waals surface area contributed by atoms with E-state index < -0.39 is 0 Å². The summed E-state index contributed by atoms with van der Waals surface area (Å²) < 4.78 is 1.13. The maximum atomic E-state index is 5.53. The van der Waals surface area contributed by atoms with E-state index in [2.05, 4.69) is 5.43 Å². The molecule has 1 aliphatic rings. The third kappa shape index (κ3) is 1.68. The quantitative estimate of drug-likeness (QED) is 0.459. The summed E-state index contributed by atoms with van der Waals surface area (Å²) in [6.07, 6.45) is 3.06. The van der Waals surface area contributed by atoms with Crippen LogP contribution in [0.5, 0.6) is 0 Å². The van der Waals surface area contributed by atoms with Crippen LogP contribution in [0.3, 0.4) is 0 Å². The highest BCUT2D eigenvalue weighted by atomic mass is 35.5. The average Bonchev–Trinajstić information content (AvgIpc) is 1.80. The number of halogens is 3. The van der Waals surface area contributed by atoms with Crippen molar-refractivity contribution in [3.05, 3.63) is 22.5 Å². The molecule has 5 heteroatoms. The van der Waals surface area contributed by atoms with Gasteiger partial charge in [-0.15, -0.1) is 0 Å². The van der Waals surface area contributed by atoms with Gasteiger partial charge in [0.2, 0.25) is 0 Å². The summed E-state index contributed by atoms with van der Waals surface area (Å²) in [7, 11) is 0. The highest BCUT2D eigenvalue weighted by Crippen LogP contribution is 2.18. The smallest absolute Gasteiger partial charge is 0.143 e. The van der Waals surface area contributed by atoms with Crippen LogP contribution in [-0.4, -0.2) is 4.53 Å². The van der Waals surface area contributed by atoms with Crippen molar-refractivity contribution < 1.29 is 0 Å². The van der Waals surface area contributed by atoms with E-state index in [4.69, 9.17) is 35.0 Å². The first-order chi connectivity index (χ1) is 4.20. The van der Waals surface area contributed by atoms with Crippen LogP contribution in [-0.2, 0) is 0 Å². The monoisotopic (exact) mass is 184 g/mol. The third-order valence-electron chi connectivity index (χ3n) is 0.760. The van der Waals surface area contributed by atoms with Crippen LogP contribution in [0, 0.1) is 0 Å². The number of rotatable bonds is 0. The molecule has 0 atom stereocenters. The molecule has 0 aromatic heterocycles. The maximum absolute atomic E-state index is 5.53. The third-order valence-corrected chi connectivity index (χ3v) is 1.62. The summed E-state index contributed by atoms with van der Waals surface area (Å²) in [5, 5.41) is 0.876. The van der Waals surface area contributed by atoms with Crippen molar-refractivity contribution in [1.29, 1.82) is 0 Å². The Labute approximate surface area is 67.8 Å². The minimum atomic E-state index is 0.351. The standard InChI is InChI=1S/C4H3Cl3N2/c5-3-1-4(6)9(7)8-2-3/h1-2,8H. The largest absolute Gasteiger partial charge is 0.289 e. The second-order valence-corrected chi connectivity index (χ2v) is 2.57. The number of nitrogens with zero attached hydrogens (tertiary/aromatic N) is 1. The second-order valence-electron chi connectivity index (χ2n) is 1.41. The minimum Gasteiger partial charge on any atom is -0.289 e. The summed E-state index contributed by atoms with van der Waals surface area (Å²) in [4.78, 5) is 0. The van der Waals surface area contributed by atoms with Crippen LogP contribution in [0.15, 0.2) is 22.5 Å². The van der Waals surface area contributed by atoms with Gasteiger partial charge in [0.1, 0.15) is 5.16 Å². The Morgan fingerprint density at radius 3 is 2.56 bits per heavy atom. The summed E-state index contributed by atoms with van der Waals surface area (Å²) in [6.45, 7) is 0. The second kappa shape index (κ2) is 2.69. The molecule has 1 N–H and O–H groups in total. The predicted octanol–water partition coefficient (Wildman–Crippen LogP) is 2.12. The van der Waals surface area contributed by atoms with Crippen LogP contribution in [0.2, 0.25) is 0 Å². The Balaban J connectivity index is 2.74. The molecule has 0 aromatic rings. The van der Waals surface area contributed by atoms with E-state index in [9.17, 15) is 0 Å². The number of hydrogen-bond donors (Lipinski definition) is 1. The number of nitrogens with one attached hydrogen (secondary N) is 1. The van der Waals surface area contributed by atoms with Crippen molar-refractivity contribution >= 4 is 35.0 Å². The molecule has 1 rings (SSSR count). The van der Waals surface area contributed by atoms with Crippen molar-refractivity contribution in [3.8, 4) is 0 Å². The molecule has 1 heterocycles. The van der Waals surface area contributed by atoms with Gasteiger partial charge >= 0.3 is 0 Å². The molecule has 0 radical (unpaired) electrons. The lowest BCUT2D eigenvalue weighted by Crippen LogP contribution is -2.24. The van der Waals surface area contributed by atoms with Gasteiger partial charge < -0.3 is 0 Å². The van der Waals surface area contributed by atoms with Crippen LogP contribution >= 0.6 is 35.0 Å². The van der Waals surface area contributed by atoms with Crippen molar-refractivity contribution in [2.24, 2.45) is 0 Å². The summed E-state index contributed by atoms with van der Waals surface area (Å²) >= 11 is 16.5. The number of hydrazine groups is 1. The van der Waals surface area contributed by atoms with Gasteiger partial charge in [-0.3, -0.25) is 5.43 Å². The molecule has 0 aliphatic carbocycles. The lowest BCUT2D eigenvalue weighted by Gasteiger charge is -2.16. The summed E-state index contributed by atoms with van der Waals surface area (Å²) in [5.74, 6) is 0. The fourth-order valence-electron chi connectivity index (χ4n) is 0.392. The van der Waals surface area contributed by atoms with Gasteiger partial charge in [0, 0.05) is 18.0 Å². The zero-order valence-electron chi connectivity index (χ0n) is 4.24. The summed E-state index contributed by atoms with van der Waals surface area (Å²) in [5.41, 5.74) is 2.59. The molecular formula is C4H3Cl3N2. The Kier molecular flexibility index (Phi) is 2.11. The lowest BCUT2D eigenvalue weighted by atomic mass is 10.5. The first-order valence-electron chi connectivity index (χ1n) is 2.15. The molecule has 0 amide bonds. The maximum Gasteiger partial charge on any atom is 0.143 e. The van der Waals surface area contributed by atoms with Crippen molar-refractivity contribution in [1.82, 2.24) is 9.95 Å². The summed E-state index contributed by atoms with van der Waals surface area (Å²) in [6, 6.07) is 0. The zero-order chi connectivity index (χ0) is 6.85. The zero-order valence-corrected chi connectivity index (χ0v) is 6.50. The first kappa shape index (κ1) is 7.06. The molecule has 0 spiro atoms. The molecule has 2 nitrogen and oxygen atoms in total. The molecule has 0 unspecified atom stereocenters. The number of allylic oxidation sites excluding steroid dienone is 2. The highest BCUT2D eigenvalue weighted by Gasteiger charge is 2.06. The van der Waals surface area contributed by atoms with Gasteiger partial charge in [0.05, 0.1) is 5.03 Å². The Bertz CT molecular complexity index is 175. The predicted molar refractivity (Wildman–Crippen MR) is 38.7 cm³/mol. The fourth-order valence-corrected chi connectivity index (χ4v) is 0.864. The Morgan fingerprint density at radius 1 is 1.44 bits per heavy atom. The van der Waals surface area contributed by atoms with Gasteiger partial charge in [-0.1, -0.05) is 23.2 Å². The SMILES string of the molecule is ClC1=CNN(Cl)C(Cl)=C1. The molecule has 9 heavy (non-hydrogen) atoms. The Hall–Kier alpha value is -0.0500. The molecule has 0 saturated carbocycles. The highest BCUT2D eigenvalue weighted by molar-refractivity contribution is 6.36. The van der Waals surface area contributed by atoms with E-state index in [0.717, 1.165) is 4.53 Å². The van der Waals surface area contributed by atoms with Crippen LogP contribution in [0.25, 0.3) is 0 Å². The van der Waals surface area contributed by atoms with Crippen molar-refractivity contribution in [2.75, 3.05) is 0 Å². The molecule has 50 valence electrons. The lowest BCUT2D eigenvalue weighted by molar-refractivity contribution is 0.501. The minimum absolute atomic E-state index is 0.351. The topological polar surface area (TPSA) is 15.3 Å². The van der Waals surface area contributed by atoms with Crippen LogP contribution < -0.4 is 5.43 Å². The molecular weight excluding hydrogens is 182 g/mol. The van der Waals surface area contributed by atoms with Gasteiger partial charge in [0.25, 0.3) is 0 Å². The van der Waals surface area contributed by atoms with E-state index in [0.29, 0.717) is 10.2 Å². The van der Waals surface area contributed by atoms with Gasteiger partial charge in [-0.25, -0.2) is 0 Å². The van der Waals surface area contributed by atoms with Gasteiger partial charge in [-0.05, 0) is 6.08 Å². The molecule has 0 bridgehead atoms. The normalized spacial score (nSPS) is 18.3. The van der Waals surface area contributed by atoms with Crippen LogP contribution in [0.1, 0.15) is 0 Å². The fraction of sp³-hybridized carbons (Fsp3) is 0. The first-order valence-corrected chi connectivity index (χ1v) is 3.24. The van der Waals surface area contributed by atoms with Crippen molar-refractivity contribution in [2.45, 2.75) is 0 Å². The van der Waals surface area contributed by atoms with E-state index in [1.165, 1.54) is 12.3 Å². The van der Waals surface area contributed by atoms with E-state index in [1.54, 1.807) is 0 Å². The number of hydrogen-bond acceptors (Lipinski definition) is 2. The molecule has 1 aliphatic heterocycles. The van der Waals surface area contributed by atoms with Gasteiger partial charge in [-0.2, -0.15) is 4.53 Å². The molecule has 0 aromatic carbocycles. The Morgan fingerprint density at radius 2 is 2.11 bits per heavy atom. The van der Waals surface area contributed by atoms with E-state index in [-0.39, 0.29) is 0 Å². The van der Waals surface area contributed by atoms with E-state index >= 15 is 0 Å². The van der Waals surface area contributed by atoms with Crippen LogP contribution in [0.4, 0.5) is 0 Å². The van der Waals surface area contributed by atoms with Gasteiger partial charge in [0.15, 0.2) is 0 Å². The average molecular weight is 185 g/mol. The molecule has 0 fully saturated rings. The van der Waals surface area contributed by atoms with Crippen molar-refractivity contribution in [3.63, 3.8) is 0 Å². The molecule has 0 saturated heterocycles. The van der Waals surface area contributed by atoms with E-state index in [1.807, 2.05) is 0 Å².